The van der Waals surface area contributed by atoms with Gasteiger partial charge in [0.25, 0.3) is 0 Å². The summed E-state index contributed by atoms with van der Waals surface area (Å²) in [5.74, 6) is 0.589. The first-order valence-electron chi connectivity index (χ1n) is 6.54. The van der Waals surface area contributed by atoms with Crippen LogP contribution in [0.15, 0.2) is 0 Å². The molecule has 0 radical (unpaired) electrons. The standard InChI is InChI=1S/C11H24N2.C2H6/c1-10(9-12)11(2,3)13-7-5-4-6-8-13;1-2/h10H,4-9,12H2,1-3H3;1-2H3. The van der Waals surface area contributed by atoms with Crippen molar-refractivity contribution in [1.82, 2.24) is 4.90 Å². The Morgan fingerprint density at radius 1 is 1.13 bits per heavy atom. The number of hydrogen-bond acceptors (Lipinski definition) is 2. The number of hydrogen-bond donors (Lipinski definition) is 1. The van der Waals surface area contributed by atoms with E-state index in [4.69, 9.17) is 5.73 Å². The zero-order chi connectivity index (χ0) is 11.9. The molecule has 0 aliphatic carbocycles. The van der Waals surface area contributed by atoms with E-state index in [2.05, 4.69) is 25.7 Å². The first-order chi connectivity index (χ1) is 7.09. The van der Waals surface area contributed by atoms with Crippen molar-refractivity contribution in [3.8, 4) is 0 Å². The Labute approximate surface area is 96.2 Å². The predicted octanol–water partition coefficient (Wildman–Crippen LogP) is 2.87. The Kier molecular flexibility index (Phi) is 7.20. The molecular weight excluding hydrogens is 184 g/mol. The molecule has 0 amide bonds. The van der Waals surface area contributed by atoms with E-state index in [9.17, 15) is 0 Å². The van der Waals surface area contributed by atoms with Crippen molar-refractivity contribution in [3.63, 3.8) is 0 Å². The van der Waals surface area contributed by atoms with Gasteiger partial charge in [-0.1, -0.05) is 27.2 Å². The van der Waals surface area contributed by atoms with Crippen molar-refractivity contribution in [1.29, 1.82) is 0 Å². The van der Waals surface area contributed by atoms with Crippen LogP contribution in [-0.2, 0) is 0 Å². The van der Waals surface area contributed by atoms with E-state index in [-0.39, 0.29) is 5.54 Å². The monoisotopic (exact) mass is 214 g/mol. The number of likely N-dealkylation sites (tertiary alicyclic amines) is 1. The Morgan fingerprint density at radius 2 is 1.60 bits per heavy atom. The van der Waals surface area contributed by atoms with Gasteiger partial charge >= 0.3 is 0 Å². The van der Waals surface area contributed by atoms with Gasteiger partial charge in [-0.3, -0.25) is 4.90 Å². The minimum absolute atomic E-state index is 0.287. The highest BCUT2D eigenvalue weighted by atomic mass is 15.2. The molecule has 1 unspecified atom stereocenters. The van der Waals surface area contributed by atoms with Crippen LogP contribution in [-0.4, -0.2) is 30.1 Å². The molecular formula is C13H30N2. The summed E-state index contributed by atoms with van der Waals surface area (Å²) < 4.78 is 0. The second kappa shape index (κ2) is 7.24. The van der Waals surface area contributed by atoms with E-state index < -0.39 is 0 Å². The summed E-state index contributed by atoms with van der Waals surface area (Å²) >= 11 is 0. The molecule has 1 rings (SSSR count). The molecule has 0 spiro atoms. The molecule has 1 aliphatic heterocycles. The molecule has 0 aromatic heterocycles. The van der Waals surface area contributed by atoms with Gasteiger partial charge in [-0.05, 0) is 52.2 Å². The molecule has 15 heavy (non-hydrogen) atoms. The van der Waals surface area contributed by atoms with Crippen LogP contribution in [0.5, 0.6) is 0 Å². The SMILES string of the molecule is CC.CC(CN)C(C)(C)N1CCCCC1. The average molecular weight is 214 g/mol. The maximum absolute atomic E-state index is 5.74. The Bertz CT molecular complexity index is 149. The molecule has 1 fully saturated rings. The fraction of sp³-hybridized carbons (Fsp3) is 1.00. The third-order valence-corrected chi connectivity index (χ3v) is 3.73. The summed E-state index contributed by atoms with van der Waals surface area (Å²) in [6.45, 7) is 14.2. The van der Waals surface area contributed by atoms with Crippen LogP contribution in [0.4, 0.5) is 0 Å². The van der Waals surface area contributed by atoms with Crippen LogP contribution in [0.1, 0.15) is 53.9 Å². The number of nitrogens with two attached hydrogens (primary N) is 1. The zero-order valence-corrected chi connectivity index (χ0v) is 11.3. The molecule has 0 aromatic carbocycles. The van der Waals surface area contributed by atoms with Gasteiger partial charge < -0.3 is 5.73 Å². The average Bonchev–Trinajstić information content (AvgIpc) is 2.31. The summed E-state index contributed by atoms with van der Waals surface area (Å²) in [5.41, 5.74) is 6.03. The molecule has 2 heteroatoms. The van der Waals surface area contributed by atoms with Gasteiger partial charge in [0, 0.05) is 5.54 Å². The number of nitrogens with zero attached hydrogens (tertiary/aromatic N) is 1. The maximum atomic E-state index is 5.74. The summed E-state index contributed by atoms with van der Waals surface area (Å²) in [6, 6.07) is 0. The molecule has 0 aromatic rings. The highest BCUT2D eigenvalue weighted by Gasteiger charge is 2.32. The van der Waals surface area contributed by atoms with Crippen LogP contribution in [0.25, 0.3) is 0 Å². The molecule has 1 aliphatic rings. The summed E-state index contributed by atoms with van der Waals surface area (Å²) in [5, 5.41) is 0. The van der Waals surface area contributed by atoms with E-state index in [0.29, 0.717) is 5.92 Å². The van der Waals surface area contributed by atoms with Crippen LogP contribution in [0.2, 0.25) is 0 Å². The highest BCUT2D eigenvalue weighted by Crippen LogP contribution is 2.26. The summed E-state index contributed by atoms with van der Waals surface area (Å²) in [6.07, 6.45) is 4.13. The fourth-order valence-electron chi connectivity index (χ4n) is 2.07. The van der Waals surface area contributed by atoms with Crippen molar-refractivity contribution < 1.29 is 0 Å². The lowest BCUT2D eigenvalue weighted by atomic mass is 9.86. The molecule has 1 saturated heterocycles. The Hall–Kier alpha value is -0.0800. The van der Waals surface area contributed by atoms with Crippen molar-refractivity contribution in [2.45, 2.75) is 59.4 Å². The molecule has 0 bridgehead atoms. The second-order valence-corrected chi connectivity index (χ2v) is 4.84. The Morgan fingerprint density at radius 3 is 2.00 bits per heavy atom. The van der Waals surface area contributed by atoms with Crippen LogP contribution >= 0.6 is 0 Å². The summed E-state index contributed by atoms with van der Waals surface area (Å²) in [4.78, 5) is 2.61. The maximum Gasteiger partial charge on any atom is 0.0190 e. The molecule has 92 valence electrons. The van der Waals surface area contributed by atoms with E-state index in [1.807, 2.05) is 13.8 Å². The smallest absolute Gasteiger partial charge is 0.0190 e. The minimum Gasteiger partial charge on any atom is -0.330 e. The Balaban J connectivity index is 0.000000921. The lowest BCUT2D eigenvalue weighted by Gasteiger charge is -2.44. The van der Waals surface area contributed by atoms with Crippen molar-refractivity contribution in [2.75, 3.05) is 19.6 Å². The van der Waals surface area contributed by atoms with Gasteiger partial charge in [0.2, 0.25) is 0 Å². The summed E-state index contributed by atoms with van der Waals surface area (Å²) in [7, 11) is 0. The van der Waals surface area contributed by atoms with Gasteiger partial charge in [0.15, 0.2) is 0 Å². The molecule has 1 heterocycles. The first-order valence-corrected chi connectivity index (χ1v) is 6.54. The van der Waals surface area contributed by atoms with Crippen molar-refractivity contribution >= 4 is 0 Å². The minimum atomic E-state index is 0.287. The number of rotatable bonds is 3. The lowest BCUT2D eigenvalue weighted by Crippen LogP contribution is -2.52. The zero-order valence-electron chi connectivity index (χ0n) is 11.3. The molecule has 0 saturated carbocycles. The van der Waals surface area contributed by atoms with Crippen LogP contribution in [0.3, 0.4) is 0 Å². The fourth-order valence-corrected chi connectivity index (χ4v) is 2.07. The van der Waals surface area contributed by atoms with E-state index in [1.54, 1.807) is 0 Å². The molecule has 1 atom stereocenters. The largest absolute Gasteiger partial charge is 0.330 e. The molecule has 2 nitrogen and oxygen atoms in total. The quantitative estimate of drug-likeness (QED) is 0.783. The van der Waals surface area contributed by atoms with Gasteiger partial charge in [-0.15, -0.1) is 0 Å². The van der Waals surface area contributed by atoms with Crippen LogP contribution < -0.4 is 5.73 Å². The van der Waals surface area contributed by atoms with Crippen LogP contribution in [0, 0.1) is 5.92 Å². The first kappa shape index (κ1) is 14.9. The third-order valence-electron chi connectivity index (χ3n) is 3.73. The van der Waals surface area contributed by atoms with E-state index in [0.717, 1.165) is 6.54 Å². The van der Waals surface area contributed by atoms with E-state index >= 15 is 0 Å². The van der Waals surface area contributed by atoms with Crippen molar-refractivity contribution in [2.24, 2.45) is 11.7 Å². The van der Waals surface area contributed by atoms with E-state index in [1.165, 1.54) is 32.4 Å². The lowest BCUT2D eigenvalue weighted by molar-refractivity contribution is 0.0542. The second-order valence-electron chi connectivity index (χ2n) is 4.84. The topological polar surface area (TPSA) is 29.3 Å². The van der Waals surface area contributed by atoms with Gasteiger partial charge in [-0.2, -0.15) is 0 Å². The van der Waals surface area contributed by atoms with Gasteiger partial charge in [-0.25, -0.2) is 0 Å². The van der Waals surface area contributed by atoms with Crippen molar-refractivity contribution in [3.05, 3.63) is 0 Å². The normalized spacial score (nSPS) is 20.4. The van der Waals surface area contributed by atoms with Gasteiger partial charge in [0.1, 0.15) is 0 Å². The number of piperidine rings is 1. The van der Waals surface area contributed by atoms with Gasteiger partial charge in [0.05, 0.1) is 0 Å². The molecule has 2 N–H and O–H groups in total. The highest BCUT2D eigenvalue weighted by molar-refractivity contribution is 4.88. The third kappa shape index (κ3) is 4.12. The predicted molar refractivity (Wildman–Crippen MR) is 69.1 cm³/mol.